The van der Waals surface area contributed by atoms with Crippen LogP contribution in [-0.2, 0) is 0 Å². The van der Waals surface area contributed by atoms with Gasteiger partial charge in [-0.25, -0.2) is 0 Å². The monoisotopic (exact) mass is 301 g/mol. The highest BCUT2D eigenvalue weighted by Gasteiger charge is 2.14. The Bertz CT molecular complexity index is 287. The van der Waals surface area contributed by atoms with E-state index < -0.39 is 0 Å². The molecule has 0 bridgehead atoms. The second-order valence-corrected chi connectivity index (χ2v) is 6.37. The third-order valence-electron chi connectivity index (χ3n) is 2.44. The summed E-state index contributed by atoms with van der Waals surface area (Å²) in [4.78, 5) is 1.35. The molecule has 0 aliphatic heterocycles. The van der Waals surface area contributed by atoms with Gasteiger partial charge in [0.1, 0.15) is 0 Å². The number of rotatable bonds is 7. The Morgan fingerprint density at radius 2 is 1.94 bits per heavy atom. The van der Waals surface area contributed by atoms with Crippen molar-refractivity contribution >= 4 is 27.7 Å². The number of alkyl halides is 1. The van der Waals surface area contributed by atoms with E-state index in [1.54, 1.807) is 0 Å². The zero-order chi connectivity index (χ0) is 11.9. The molecule has 3 heteroatoms. The molecule has 0 saturated carbocycles. The van der Waals surface area contributed by atoms with Gasteiger partial charge in [0, 0.05) is 28.1 Å². The van der Waals surface area contributed by atoms with Gasteiger partial charge in [0.25, 0.3) is 0 Å². The summed E-state index contributed by atoms with van der Waals surface area (Å²) in [6.45, 7) is 5.56. The molecule has 0 aliphatic rings. The molecule has 1 nitrogen and oxygen atoms in total. The van der Waals surface area contributed by atoms with Crippen LogP contribution >= 0.6 is 27.7 Å². The molecule has 0 atom stereocenters. The van der Waals surface area contributed by atoms with Gasteiger partial charge >= 0.3 is 0 Å². The van der Waals surface area contributed by atoms with Crippen LogP contribution in [0, 0.1) is 0 Å². The summed E-state index contributed by atoms with van der Waals surface area (Å²) in [6.07, 6.45) is 1.16. The summed E-state index contributed by atoms with van der Waals surface area (Å²) < 4.78 is 0. The first-order chi connectivity index (χ1) is 7.64. The van der Waals surface area contributed by atoms with Crippen molar-refractivity contribution in [2.75, 3.05) is 17.6 Å². The maximum Gasteiger partial charge on any atom is 0.0133 e. The minimum Gasteiger partial charge on any atom is -0.311 e. The molecule has 0 unspecified atom stereocenters. The lowest BCUT2D eigenvalue weighted by Gasteiger charge is -2.25. The van der Waals surface area contributed by atoms with Crippen molar-refractivity contribution in [1.82, 2.24) is 5.32 Å². The van der Waals surface area contributed by atoms with E-state index in [1.807, 2.05) is 11.8 Å². The van der Waals surface area contributed by atoms with E-state index in [-0.39, 0.29) is 5.54 Å². The van der Waals surface area contributed by atoms with E-state index in [2.05, 4.69) is 65.4 Å². The minimum absolute atomic E-state index is 0.237. The smallest absolute Gasteiger partial charge is 0.0133 e. The highest BCUT2D eigenvalue weighted by atomic mass is 79.9. The Hall–Kier alpha value is 0.0100. The van der Waals surface area contributed by atoms with Crippen LogP contribution in [0.5, 0.6) is 0 Å². The average Bonchev–Trinajstić information content (AvgIpc) is 2.26. The fraction of sp³-hybridized carbons (Fsp3) is 0.538. The van der Waals surface area contributed by atoms with Gasteiger partial charge < -0.3 is 5.32 Å². The second kappa shape index (κ2) is 7.36. The average molecular weight is 302 g/mol. The van der Waals surface area contributed by atoms with Gasteiger partial charge in [-0.2, -0.15) is 0 Å². The number of hydrogen-bond donors (Lipinski definition) is 1. The molecule has 1 aromatic rings. The molecule has 90 valence electrons. The van der Waals surface area contributed by atoms with Crippen molar-refractivity contribution in [3.63, 3.8) is 0 Å². The Morgan fingerprint density at radius 3 is 2.56 bits per heavy atom. The van der Waals surface area contributed by atoms with Crippen molar-refractivity contribution in [3.8, 4) is 0 Å². The fourth-order valence-corrected chi connectivity index (χ4v) is 3.18. The van der Waals surface area contributed by atoms with Crippen LogP contribution < -0.4 is 5.32 Å². The van der Waals surface area contributed by atoms with Gasteiger partial charge in [0.05, 0.1) is 0 Å². The Kier molecular flexibility index (Phi) is 6.47. The second-order valence-electron chi connectivity index (χ2n) is 4.41. The molecular weight excluding hydrogens is 282 g/mol. The van der Waals surface area contributed by atoms with Crippen molar-refractivity contribution in [1.29, 1.82) is 0 Å². The third kappa shape index (κ3) is 5.92. The molecule has 0 fully saturated rings. The third-order valence-corrected chi connectivity index (χ3v) is 3.85. The highest BCUT2D eigenvalue weighted by Crippen LogP contribution is 2.16. The van der Waals surface area contributed by atoms with E-state index in [0.29, 0.717) is 0 Å². The molecular formula is C13H20BrNS. The lowest BCUT2D eigenvalue weighted by atomic mass is 10.0. The number of halogens is 1. The van der Waals surface area contributed by atoms with Crippen molar-refractivity contribution < 1.29 is 0 Å². The van der Waals surface area contributed by atoms with Crippen molar-refractivity contribution in [3.05, 3.63) is 30.3 Å². The Labute approximate surface area is 112 Å². The molecule has 1 rings (SSSR count). The number of thioether (sulfide) groups is 1. The summed E-state index contributed by atoms with van der Waals surface area (Å²) in [5.41, 5.74) is 0.237. The Balaban J connectivity index is 2.17. The summed E-state index contributed by atoms with van der Waals surface area (Å²) in [5, 5.41) is 4.63. The van der Waals surface area contributed by atoms with E-state index in [9.17, 15) is 0 Å². The summed E-state index contributed by atoms with van der Waals surface area (Å²) >= 11 is 5.39. The first-order valence-electron chi connectivity index (χ1n) is 5.63. The Morgan fingerprint density at radius 1 is 1.25 bits per heavy atom. The maximum atomic E-state index is 3.58. The molecule has 0 saturated heterocycles. The maximum absolute atomic E-state index is 3.58. The zero-order valence-corrected chi connectivity index (χ0v) is 12.4. The van der Waals surface area contributed by atoms with E-state index >= 15 is 0 Å². The molecule has 0 aromatic heterocycles. The van der Waals surface area contributed by atoms with Crippen LogP contribution in [0.4, 0.5) is 0 Å². The van der Waals surface area contributed by atoms with E-state index in [4.69, 9.17) is 0 Å². The van der Waals surface area contributed by atoms with Gasteiger partial charge in [-0.1, -0.05) is 34.1 Å². The van der Waals surface area contributed by atoms with Crippen LogP contribution in [0.1, 0.15) is 20.3 Å². The predicted octanol–water partition coefficient (Wildman–Crippen LogP) is 3.93. The van der Waals surface area contributed by atoms with Gasteiger partial charge in [-0.15, -0.1) is 11.8 Å². The molecule has 0 aliphatic carbocycles. The normalized spacial score (nSPS) is 11.7. The molecule has 0 heterocycles. The molecule has 1 N–H and O–H groups in total. The zero-order valence-electron chi connectivity index (χ0n) is 10.0. The number of benzene rings is 1. The summed E-state index contributed by atoms with van der Waals surface area (Å²) in [6, 6.07) is 10.6. The van der Waals surface area contributed by atoms with E-state index in [1.165, 1.54) is 4.90 Å². The quantitative estimate of drug-likeness (QED) is 0.465. The van der Waals surface area contributed by atoms with Gasteiger partial charge in [-0.3, -0.25) is 0 Å². The summed E-state index contributed by atoms with van der Waals surface area (Å²) in [7, 11) is 0. The molecule has 0 radical (unpaired) electrons. The number of nitrogens with one attached hydrogen (secondary N) is 1. The lowest BCUT2D eigenvalue weighted by molar-refractivity contribution is 0.392. The van der Waals surface area contributed by atoms with E-state index in [0.717, 1.165) is 24.0 Å². The van der Waals surface area contributed by atoms with Gasteiger partial charge in [-0.05, 0) is 32.4 Å². The lowest BCUT2D eigenvalue weighted by Crippen LogP contribution is -2.40. The predicted molar refractivity (Wildman–Crippen MR) is 77.7 cm³/mol. The molecule has 1 aromatic carbocycles. The fourth-order valence-electron chi connectivity index (χ4n) is 1.40. The van der Waals surface area contributed by atoms with Crippen LogP contribution in [-0.4, -0.2) is 23.2 Å². The van der Waals surface area contributed by atoms with Crippen LogP contribution in [0.3, 0.4) is 0 Å². The largest absolute Gasteiger partial charge is 0.311 e. The topological polar surface area (TPSA) is 12.0 Å². The first kappa shape index (κ1) is 14.1. The minimum atomic E-state index is 0.237. The highest BCUT2D eigenvalue weighted by molar-refractivity contribution is 9.09. The van der Waals surface area contributed by atoms with Crippen LogP contribution in [0.15, 0.2) is 35.2 Å². The SMILES string of the molecule is CC(C)(CCBr)NCCSc1ccccc1. The summed E-state index contributed by atoms with van der Waals surface area (Å²) in [5.74, 6) is 1.12. The van der Waals surface area contributed by atoms with Crippen molar-refractivity contribution in [2.24, 2.45) is 0 Å². The van der Waals surface area contributed by atoms with Crippen molar-refractivity contribution in [2.45, 2.75) is 30.7 Å². The molecule has 16 heavy (non-hydrogen) atoms. The number of hydrogen-bond acceptors (Lipinski definition) is 2. The molecule has 0 spiro atoms. The van der Waals surface area contributed by atoms with Crippen LogP contribution in [0.2, 0.25) is 0 Å². The molecule has 0 amide bonds. The van der Waals surface area contributed by atoms with Gasteiger partial charge in [0.2, 0.25) is 0 Å². The standard InChI is InChI=1S/C13H20BrNS/c1-13(2,8-9-14)15-10-11-16-12-6-4-3-5-7-12/h3-7,15H,8-11H2,1-2H3. The van der Waals surface area contributed by atoms with Gasteiger partial charge in [0.15, 0.2) is 0 Å². The van der Waals surface area contributed by atoms with Crippen LogP contribution in [0.25, 0.3) is 0 Å². The first-order valence-corrected chi connectivity index (χ1v) is 7.73.